The summed E-state index contributed by atoms with van der Waals surface area (Å²) in [4.78, 5) is 11.2. The topological polar surface area (TPSA) is 52.9 Å². The van der Waals surface area contributed by atoms with E-state index in [9.17, 15) is 9.18 Å². The van der Waals surface area contributed by atoms with Crippen molar-refractivity contribution in [2.24, 2.45) is 0 Å². The molecule has 18 heavy (non-hydrogen) atoms. The molecule has 3 nitrogen and oxygen atoms in total. The quantitative estimate of drug-likeness (QED) is 0.910. The van der Waals surface area contributed by atoms with Crippen LogP contribution in [0.2, 0.25) is 5.02 Å². The predicted octanol–water partition coefficient (Wildman–Crippen LogP) is 2.54. The highest BCUT2D eigenvalue weighted by Gasteiger charge is 2.46. The Morgan fingerprint density at radius 2 is 2.28 bits per heavy atom. The largest absolute Gasteiger partial charge is 0.354 e. The first-order valence-electron chi connectivity index (χ1n) is 5.67. The zero-order valence-electron chi connectivity index (χ0n) is 9.67. The Balaban J connectivity index is 2.08. The number of hydrogen-bond donors (Lipinski definition) is 1. The normalized spacial score (nSPS) is 15.8. The van der Waals surface area contributed by atoms with Crippen LogP contribution in [0.3, 0.4) is 0 Å². The number of nitrogens with one attached hydrogen (secondary N) is 1. The van der Waals surface area contributed by atoms with Gasteiger partial charge in [0.05, 0.1) is 6.07 Å². The predicted molar refractivity (Wildman–Crippen MR) is 65.6 cm³/mol. The van der Waals surface area contributed by atoms with Gasteiger partial charge in [-0.05, 0) is 30.5 Å². The third-order valence-electron chi connectivity index (χ3n) is 3.22. The Bertz CT molecular complexity index is 520. The maximum Gasteiger partial charge on any atom is 0.234 e. The summed E-state index contributed by atoms with van der Waals surface area (Å²) in [6, 6.07) is 6.38. The summed E-state index contributed by atoms with van der Waals surface area (Å²) in [6.45, 7) is 0.367. The number of amides is 1. The number of carbonyl (C=O) groups is 1. The molecule has 0 radical (unpaired) electrons. The molecule has 1 aliphatic carbocycles. The van der Waals surface area contributed by atoms with Crippen LogP contribution in [0.15, 0.2) is 18.2 Å². The monoisotopic (exact) mass is 266 g/mol. The van der Waals surface area contributed by atoms with E-state index in [4.69, 9.17) is 16.9 Å². The molecular weight excluding hydrogens is 255 g/mol. The smallest absolute Gasteiger partial charge is 0.234 e. The number of nitrogens with zero attached hydrogens (tertiary/aromatic N) is 1. The van der Waals surface area contributed by atoms with Gasteiger partial charge in [0, 0.05) is 17.0 Å². The van der Waals surface area contributed by atoms with E-state index in [1.807, 2.05) is 0 Å². The van der Waals surface area contributed by atoms with Gasteiger partial charge in [-0.3, -0.25) is 4.79 Å². The van der Waals surface area contributed by atoms with Gasteiger partial charge in [0.1, 0.15) is 12.2 Å². The van der Waals surface area contributed by atoms with Gasteiger partial charge >= 0.3 is 0 Å². The molecule has 94 valence electrons. The molecule has 0 atom stereocenters. The highest BCUT2D eigenvalue weighted by atomic mass is 35.5. The second-order valence-corrected chi connectivity index (χ2v) is 4.95. The van der Waals surface area contributed by atoms with Crippen molar-refractivity contribution in [3.8, 4) is 6.07 Å². The fourth-order valence-electron chi connectivity index (χ4n) is 2.01. The highest BCUT2D eigenvalue weighted by Crippen LogP contribution is 2.48. The molecule has 0 aliphatic heterocycles. The van der Waals surface area contributed by atoms with Gasteiger partial charge in [-0.15, -0.1) is 0 Å². The lowest BCUT2D eigenvalue weighted by molar-refractivity contribution is -0.120. The van der Waals surface area contributed by atoms with Crippen LogP contribution in [0.4, 0.5) is 4.39 Å². The number of hydrogen-bond acceptors (Lipinski definition) is 2. The van der Waals surface area contributed by atoms with E-state index < -0.39 is 0 Å². The first kappa shape index (κ1) is 12.8. The van der Waals surface area contributed by atoms with Gasteiger partial charge in [-0.2, -0.15) is 5.26 Å². The van der Waals surface area contributed by atoms with Gasteiger partial charge < -0.3 is 5.32 Å². The summed E-state index contributed by atoms with van der Waals surface area (Å²) in [5.74, 6) is -0.660. The van der Waals surface area contributed by atoms with Crippen molar-refractivity contribution in [1.82, 2.24) is 5.32 Å². The molecule has 1 aromatic rings. The summed E-state index contributed by atoms with van der Waals surface area (Å²) >= 11 is 5.71. The summed E-state index contributed by atoms with van der Waals surface area (Å²) < 4.78 is 13.8. The van der Waals surface area contributed by atoms with E-state index >= 15 is 0 Å². The molecule has 1 aliphatic rings. The molecule has 0 spiro atoms. The fourth-order valence-corrected chi connectivity index (χ4v) is 2.17. The number of rotatable bonds is 4. The Kier molecular flexibility index (Phi) is 3.53. The molecule has 0 heterocycles. The van der Waals surface area contributed by atoms with Gasteiger partial charge in [-0.1, -0.05) is 17.7 Å². The van der Waals surface area contributed by atoms with Crippen molar-refractivity contribution in [2.75, 3.05) is 6.54 Å². The second kappa shape index (κ2) is 4.95. The minimum atomic E-state index is -0.338. The van der Waals surface area contributed by atoms with Crippen LogP contribution < -0.4 is 5.32 Å². The zero-order valence-corrected chi connectivity index (χ0v) is 10.4. The average molecular weight is 267 g/mol. The Morgan fingerprint density at radius 3 is 2.83 bits per heavy atom. The van der Waals surface area contributed by atoms with E-state index in [2.05, 4.69) is 5.32 Å². The van der Waals surface area contributed by atoms with Crippen LogP contribution in [-0.4, -0.2) is 12.5 Å². The third kappa shape index (κ3) is 2.62. The number of carbonyl (C=O) groups excluding carboxylic acids is 1. The Labute approximate surface area is 110 Å². The maximum atomic E-state index is 13.8. The lowest BCUT2D eigenvalue weighted by atomic mass is 9.95. The van der Waals surface area contributed by atoms with Crippen molar-refractivity contribution in [2.45, 2.75) is 24.7 Å². The maximum absolute atomic E-state index is 13.8. The highest BCUT2D eigenvalue weighted by molar-refractivity contribution is 6.30. The van der Waals surface area contributed by atoms with Crippen molar-refractivity contribution in [1.29, 1.82) is 5.26 Å². The summed E-state index contributed by atoms with van der Waals surface area (Å²) in [5, 5.41) is 11.4. The molecule has 5 heteroatoms. The molecule has 1 saturated carbocycles. The van der Waals surface area contributed by atoms with Crippen molar-refractivity contribution in [3.63, 3.8) is 0 Å². The first-order valence-corrected chi connectivity index (χ1v) is 6.04. The molecule has 1 amide bonds. The van der Waals surface area contributed by atoms with E-state index in [-0.39, 0.29) is 23.6 Å². The third-order valence-corrected chi connectivity index (χ3v) is 3.45. The van der Waals surface area contributed by atoms with Crippen molar-refractivity contribution >= 4 is 17.5 Å². The van der Waals surface area contributed by atoms with Crippen LogP contribution in [0.5, 0.6) is 0 Å². The lowest BCUT2D eigenvalue weighted by Crippen LogP contribution is -2.32. The van der Waals surface area contributed by atoms with E-state index in [1.54, 1.807) is 18.2 Å². The SMILES string of the molecule is N#CCC(=O)NCC1(c2ccc(Cl)cc2F)CC1. The van der Waals surface area contributed by atoms with Crippen molar-refractivity contribution in [3.05, 3.63) is 34.6 Å². The molecule has 0 bridgehead atoms. The number of halogens is 2. The fraction of sp³-hybridized carbons (Fsp3) is 0.385. The second-order valence-electron chi connectivity index (χ2n) is 4.52. The molecule has 0 unspecified atom stereocenters. The van der Waals surface area contributed by atoms with E-state index in [0.29, 0.717) is 17.1 Å². The Hall–Kier alpha value is -1.60. The van der Waals surface area contributed by atoms with Gasteiger partial charge in [0.25, 0.3) is 0 Å². The van der Waals surface area contributed by atoms with Gasteiger partial charge in [0.2, 0.25) is 5.91 Å². The van der Waals surface area contributed by atoms with E-state index in [0.717, 1.165) is 12.8 Å². The number of benzene rings is 1. The van der Waals surface area contributed by atoms with Gasteiger partial charge in [0.15, 0.2) is 0 Å². The molecule has 0 saturated heterocycles. The van der Waals surface area contributed by atoms with Crippen LogP contribution in [0.25, 0.3) is 0 Å². The van der Waals surface area contributed by atoms with Crippen LogP contribution in [0.1, 0.15) is 24.8 Å². The molecule has 1 fully saturated rings. The number of nitriles is 1. The van der Waals surface area contributed by atoms with Crippen molar-refractivity contribution < 1.29 is 9.18 Å². The lowest BCUT2D eigenvalue weighted by Gasteiger charge is -2.17. The minimum absolute atomic E-state index is 0.167. The van der Waals surface area contributed by atoms with E-state index in [1.165, 1.54) is 6.07 Å². The zero-order chi connectivity index (χ0) is 13.2. The van der Waals surface area contributed by atoms with Crippen LogP contribution in [-0.2, 0) is 10.2 Å². The van der Waals surface area contributed by atoms with Gasteiger partial charge in [-0.25, -0.2) is 4.39 Å². The molecule has 1 aromatic carbocycles. The van der Waals surface area contributed by atoms with Crippen LogP contribution in [0, 0.1) is 17.1 Å². The first-order chi connectivity index (χ1) is 8.57. The molecule has 1 N–H and O–H groups in total. The summed E-state index contributed by atoms with van der Waals surface area (Å²) in [5.41, 5.74) is 0.268. The van der Waals surface area contributed by atoms with Crippen LogP contribution >= 0.6 is 11.6 Å². The Morgan fingerprint density at radius 1 is 1.56 bits per heavy atom. The molecule has 0 aromatic heterocycles. The average Bonchev–Trinajstić information content (AvgIpc) is 3.08. The standard InChI is InChI=1S/C13H12ClFN2O/c14-9-1-2-10(11(15)7-9)13(4-5-13)8-17-12(18)3-6-16/h1-2,7H,3-5,8H2,(H,17,18). The summed E-state index contributed by atoms with van der Waals surface area (Å²) in [6.07, 6.45) is 1.50. The minimum Gasteiger partial charge on any atom is -0.354 e. The summed E-state index contributed by atoms with van der Waals surface area (Å²) in [7, 11) is 0. The molecular formula is C13H12ClFN2O. The molecule has 2 rings (SSSR count).